The van der Waals surface area contributed by atoms with Crippen LogP contribution in [0.1, 0.15) is 66.2 Å². The van der Waals surface area contributed by atoms with Crippen molar-refractivity contribution < 1.29 is 4.79 Å². The van der Waals surface area contributed by atoms with Gasteiger partial charge in [0.15, 0.2) is 0 Å². The topological polar surface area (TPSA) is 58.4 Å². The number of likely N-dealkylation sites (tertiary alicyclic amines) is 1. The standard InChI is InChI=1S/C18H35N3O/c1-14-8-7-11-21(12-14)17(2,3)13-20-16(22)15-9-5-6-10-18(15,4)19/h14-15H,5-13,19H2,1-4H3,(H,20,22). The SMILES string of the molecule is CC1CCCN(C(C)(C)CNC(=O)C2CCCCC2(C)N)C1. The molecule has 3 unspecified atom stereocenters. The third-order valence-electron chi connectivity index (χ3n) is 5.78. The van der Waals surface area contributed by atoms with E-state index < -0.39 is 0 Å². The van der Waals surface area contributed by atoms with Crippen LogP contribution in [0.5, 0.6) is 0 Å². The van der Waals surface area contributed by atoms with E-state index >= 15 is 0 Å². The van der Waals surface area contributed by atoms with Gasteiger partial charge >= 0.3 is 0 Å². The molecule has 1 aliphatic carbocycles. The molecule has 1 amide bonds. The normalized spacial score (nSPS) is 34.4. The number of carbonyl (C=O) groups excluding carboxylic acids is 1. The lowest BCUT2D eigenvalue weighted by molar-refractivity contribution is -0.128. The third-order valence-corrected chi connectivity index (χ3v) is 5.78. The molecule has 1 saturated heterocycles. The van der Waals surface area contributed by atoms with Crippen molar-refractivity contribution in [2.75, 3.05) is 19.6 Å². The summed E-state index contributed by atoms with van der Waals surface area (Å²) in [4.78, 5) is 15.1. The first kappa shape index (κ1) is 17.7. The zero-order valence-electron chi connectivity index (χ0n) is 15.0. The molecule has 2 aliphatic rings. The summed E-state index contributed by atoms with van der Waals surface area (Å²) in [6.07, 6.45) is 6.75. The van der Waals surface area contributed by atoms with Gasteiger partial charge in [0.25, 0.3) is 0 Å². The first-order valence-corrected chi connectivity index (χ1v) is 9.04. The van der Waals surface area contributed by atoms with Crippen molar-refractivity contribution in [2.45, 2.75) is 77.3 Å². The third kappa shape index (κ3) is 4.23. The number of carbonyl (C=O) groups is 1. The fraction of sp³-hybridized carbons (Fsp3) is 0.944. The van der Waals surface area contributed by atoms with Crippen LogP contribution in [0.15, 0.2) is 0 Å². The average Bonchev–Trinajstić information content (AvgIpc) is 2.44. The van der Waals surface area contributed by atoms with Gasteiger partial charge in [-0.2, -0.15) is 0 Å². The monoisotopic (exact) mass is 309 g/mol. The highest BCUT2D eigenvalue weighted by molar-refractivity contribution is 5.80. The molecular formula is C18H35N3O. The molecule has 128 valence electrons. The van der Waals surface area contributed by atoms with Crippen molar-refractivity contribution in [3.8, 4) is 0 Å². The fourth-order valence-electron chi connectivity index (χ4n) is 4.07. The Morgan fingerprint density at radius 1 is 1.32 bits per heavy atom. The Morgan fingerprint density at radius 3 is 2.68 bits per heavy atom. The van der Waals surface area contributed by atoms with E-state index in [-0.39, 0.29) is 22.9 Å². The van der Waals surface area contributed by atoms with E-state index in [1.807, 2.05) is 6.92 Å². The molecule has 1 heterocycles. The summed E-state index contributed by atoms with van der Waals surface area (Å²) in [6, 6.07) is 0. The van der Waals surface area contributed by atoms with E-state index in [0.717, 1.165) is 44.7 Å². The highest BCUT2D eigenvalue weighted by Crippen LogP contribution is 2.32. The van der Waals surface area contributed by atoms with Crippen LogP contribution >= 0.6 is 0 Å². The Morgan fingerprint density at radius 2 is 2.05 bits per heavy atom. The summed E-state index contributed by atoms with van der Waals surface area (Å²) in [6.45, 7) is 11.8. The summed E-state index contributed by atoms with van der Waals surface area (Å²) in [7, 11) is 0. The van der Waals surface area contributed by atoms with Gasteiger partial charge in [-0.05, 0) is 58.9 Å². The fourth-order valence-corrected chi connectivity index (χ4v) is 4.07. The van der Waals surface area contributed by atoms with E-state index in [4.69, 9.17) is 5.73 Å². The number of hydrogen-bond acceptors (Lipinski definition) is 3. The molecule has 0 spiro atoms. The number of nitrogens with one attached hydrogen (secondary N) is 1. The van der Waals surface area contributed by atoms with Crippen molar-refractivity contribution in [3.63, 3.8) is 0 Å². The maximum Gasteiger partial charge on any atom is 0.225 e. The van der Waals surface area contributed by atoms with Gasteiger partial charge in [-0.25, -0.2) is 0 Å². The van der Waals surface area contributed by atoms with Crippen molar-refractivity contribution in [1.82, 2.24) is 10.2 Å². The maximum atomic E-state index is 12.6. The van der Waals surface area contributed by atoms with Crippen LogP contribution in [-0.4, -0.2) is 41.5 Å². The van der Waals surface area contributed by atoms with Crippen LogP contribution < -0.4 is 11.1 Å². The molecule has 0 aromatic rings. The molecule has 2 rings (SSSR count). The molecule has 1 saturated carbocycles. The predicted octanol–water partition coefficient (Wildman–Crippen LogP) is 2.52. The second kappa shape index (κ2) is 6.88. The number of piperidine rings is 1. The van der Waals surface area contributed by atoms with E-state index in [1.165, 1.54) is 12.8 Å². The molecule has 1 aliphatic heterocycles. The number of rotatable bonds is 4. The molecule has 2 fully saturated rings. The second-order valence-corrected chi connectivity index (χ2v) is 8.53. The number of amides is 1. The van der Waals surface area contributed by atoms with Crippen molar-refractivity contribution in [3.05, 3.63) is 0 Å². The summed E-state index contributed by atoms with van der Waals surface area (Å²) in [5.74, 6) is 0.884. The molecule has 3 atom stereocenters. The minimum Gasteiger partial charge on any atom is -0.354 e. The van der Waals surface area contributed by atoms with E-state index in [2.05, 4.69) is 31.0 Å². The minimum absolute atomic E-state index is 0.0179. The van der Waals surface area contributed by atoms with Crippen LogP contribution in [0, 0.1) is 11.8 Å². The molecule has 3 N–H and O–H groups in total. The van der Waals surface area contributed by atoms with Crippen molar-refractivity contribution in [2.24, 2.45) is 17.6 Å². The lowest BCUT2D eigenvalue weighted by Gasteiger charge is -2.44. The van der Waals surface area contributed by atoms with Crippen molar-refractivity contribution >= 4 is 5.91 Å². The van der Waals surface area contributed by atoms with E-state index in [9.17, 15) is 4.79 Å². The molecule has 0 radical (unpaired) electrons. The maximum absolute atomic E-state index is 12.6. The largest absolute Gasteiger partial charge is 0.354 e. The Labute approximate surface area is 136 Å². The van der Waals surface area contributed by atoms with Crippen LogP contribution in [0.25, 0.3) is 0 Å². The minimum atomic E-state index is -0.341. The molecule has 22 heavy (non-hydrogen) atoms. The van der Waals surface area contributed by atoms with Gasteiger partial charge in [-0.15, -0.1) is 0 Å². The molecule has 4 heteroatoms. The summed E-state index contributed by atoms with van der Waals surface area (Å²) in [5.41, 5.74) is 6.03. The van der Waals surface area contributed by atoms with E-state index in [0.29, 0.717) is 6.54 Å². The summed E-state index contributed by atoms with van der Waals surface area (Å²) >= 11 is 0. The van der Waals surface area contributed by atoms with E-state index in [1.54, 1.807) is 0 Å². The quantitative estimate of drug-likeness (QED) is 0.839. The van der Waals surface area contributed by atoms with Crippen LogP contribution in [-0.2, 0) is 4.79 Å². The molecule has 0 aromatic heterocycles. The number of nitrogens with zero attached hydrogens (tertiary/aromatic N) is 1. The summed E-state index contributed by atoms with van der Waals surface area (Å²) in [5, 5.41) is 3.20. The number of nitrogens with two attached hydrogens (primary N) is 1. The lowest BCUT2D eigenvalue weighted by atomic mass is 9.74. The Bertz CT molecular complexity index is 392. The van der Waals surface area contributed by atoms with Gasteiger partial charge in [-0.1, -0.05) is 19.8 Å². The highest BCUT2D eigenvalue weighted by atomic mass is 16.2. The smallest absolute Gasteiger partial charge is 0.225 e. The van der Waals surface area contributed by atoms with Crippen LogP contribution in [0.2, 0.25) is 0 Å². The van der Waals surface area contributed by atoms with Gasteiger partial charge < -0.3 is 11.1 Å². The van der Waals surface area contributed by atoms with Gasteiger partial charge in [0, 0.05) is 24.2 Å². The van der Waals surface area contributed by atoms with Crippen LogP contribution in [0.4, 0.5) is 0 Å². The predicted molar refractivity (Wildman–Crippen MR) is 91.6 cm³/mol. The lowest BCUT2D eigenvalue weighted by Crippen LogP contribution is -2.58. The molecule has 0 bridgehead atoms. The summed E-state index contributed by atoms with van der Waals surface area (Å²) < 4.78 is 0. The molecule has 0 aromatic carbocycles. The van der Waals surface area contributed by atoms with Gasteiger partial charge in [0.05, 0.1) is 5.92 Å². The highest BCUT2D eigenvalue weighted by Gasteiger charge is 2.38. The Kier molecular flexibility index (Phi) is 5.54. The second-order valence-electron chi connectivity index (χ2n) is 8.53. The first-order valence-electron chi connectivity index (χ1n) is 9.04. The van der Waals surface area contributed by atoms with Gasteiger partial charge in [-0.3, -0.25) is 9.69 Å². The molecule has 4 nitrogen and oxygen atoms in total. The molecular weight excluding hydrogens is 274 g/mol. The van der Waals surface area contributed by atoms with Crippen LogP contribution in [0.3, 0.4) is 0 Å². The first-order chi connectivity index (χ1) is 10.2. The Hall–Kier alpha value is -0.610. The van der Waals surface area contributed by atoms with Gasteiger partial charge in [0.2, 0.25) is 5.91 Å². The zero-order valence-corrected chi connectivity index (χ0v) is 15.0. The van der Waals surface area contributed by atoms with Crippen molar-refractivity contribution in [1.29, 1.82) is 0 Å². The zero-order chi connectivity index (χ0) is 16.4. The average molecular weight is 309 g/mol. The van der Waals surface area contributed by atoms with Gasteiger partial charge in [0.1, 0.15) is 0 Å². The number of hydrogen-bond donors (Lipinski definition) is 2. The Balaban J connectivity index is 1.89.